The van der Waals surface area contributed by atoms with E-state index in [9.17, 15) is 9.18 Å². The number of rotatable bonds is 5. The fourth-order valence-corrected chi connectivity index (χ4v) is 1.97. The van der Waals surface area contributed by atoms with Gasteiger partial charge in [-0.3, -0.25) is 0 Å². The fourth-order valence-electron chi connectivity index (χ4n) is 1.97. The molecule has 0 spiro atoms. The van der Waals surface area contributed by atoms with Crippen LogP contribution in [0, 0.1) is 5.82 Å². The topological polar surface area (TPSA) is 73.3 Å². The van der Waals surface area contributed by atoms with Gasteiger partial charge in [0.1, 0.15) is 17.4 Å². The quantitative estimate of drug-likeness (QED) is 0.856. The van der Waals surface area contributed by atoms with Crippen LogP contribution in [0.1, 0.15) is 29.0 Å². The van der Waals surface area contributed by atoms with Crippen molar-refractivity contribution in [1.29, 1.82) is 0 Å². The highest BCUT2D eigenvalue weighted by molar-refractivity contribution is 5.86. The number of benzene rings is 1. The van der Waals surface area contributed by atoms with Gasteiger partial charge in [-0.1, -0.05) is 0 Å². The molecule has 1 N–H and O–H groups in total. The molecule has 0 amide bonds. The van der Waals surface area contributed by atoms with Crippen molar-refractivity contribution in [3.63, 3.8) is 0 Å². The van der Waals surface area contributed by atoms with Crippen LogP contribution in [-0.2, 0) is 4.74 Å². The van der Waals surface area contributed by atoms with Gasteiger partial charge >= 0.3 is 5.97 Å². The molecule has 116 valence electrons. The van der Waals surface area contributed by atoms with Crippen molar-refractivity contribution in [2.24, 2.45) is 0 Å². The van der Waals surface area contributed by atoms with E-state index >= 15 is 0 Å². The van der Waals surface area contributed by atoms with Crippen molar-refractivity contribution >= 4 is 11.8 Å². The third-order valence-corrected chi connectivity index (χ3v) is 3.08. The summed E-state index contributed by atoms with van der Waals surface area (Å²) in [6.45, 7) is 1.84. The highest BCUT2D eigenvalue weighted by atomic mass is 19.1. The molecule has 0 saturated heterocycles. The molecule has 1 heterocycles. The molecular formula is C15H16FN3O3. The molecule has 0 aliphatic rings. The molecule has 7 heteroatoms. The molecule has 1 aromatic carbocycles. The summed E-state index contributed by atoms with van der Waals surface area (Å²) < 4.78 is 23.2. The van der Waals surface area contributed by atoms with Gasteiger partial charge in [0, 0.05) is 5.56 Å². The van der Waals surface area contributed by atoms with E-state index in [0.29, 0.717) is 17.1 Å². The molecule has 2 aromatic rings. The van der Waals surface area contributed by atoms with Crippen LogP contribution in [0.4, 0.5) is 10.2 Å². The van der Waals surface area contributed by atoms with Gasteiger partial charge in [-0.05, 0) is 37.3 Å². The number of methoxy groups -OCH3 is 2. The Balaban J connectivity index is 2.16. The van der Waals surface area contributed by atoms with Crippen molar-refractivity contribution in [2.75, 3.05) is 19.5 Å². The van der Waals surface area contributed by atoms with E-state index in [-0.39, 0.29) is 17.6 Å². The van der Waals surface area contributed by atoms with Gasteiger partial charge in [-0.15, -0.1) is 10.2 Å². The van der Waals surface area contributed by atoms with E-state index in [4.69, 9.17) is 4.74 Å². The van der Waals surface area contributed by atoms with E-state index in [1.165, 1.54) is 32.4 Å². The summed E-state index contributed by atoms with van der Waals surface area (Å²) in [6, 6.07) is 7.13. The molecule has 1 atom stereocenters. The lowest BCUT2D eigenvalue weighted by atomic mass is 10.1. The second-order valence-electron chi connectivity index (χ2n) is 4.55. The van der Waals surface area contributed by atoms with Gasteiger partial charge in [-0.25, -0.2) is 9.18 Å². The first-order valence-corrected chi connectivity index (χ1v) is 6.57. The van der Waals surface area contributed by atoms with Crippen LogP contribution in [0.25, 0.3) is 0 Å². The van der Waals surface area contributed by atoms with Crippen LogP contribution in [0.15, 0.2) is 30.3 Å². The van der Waals surface area contributed by atoms with Crippen molar-refractivity contribution in [3.8, 4) is 5.75 Å². The Morgan fingerprint density at radius 3 is 2.59 bits per heavy atom. The van der Waals surface area contributed by atoms with Crippen LogP contribution in [0.2, 0.25) is 0 Å². The standard InChI is InChI=1S/C15H16FN3O3/c1-9(11-8-10(16)4-6-13(11)21-2)17-14-7-5-12(18-19-14)15(20)22-3/h4-9H,1-3H3,(H,17,19). The third-order valence-electron chi connectivity index (χ3n) is 3.08. The molecule has 1 unspecified atom stereocenters. The van der Waals surface area contributed by atoms with Crippen molar-refractivity contribution in [2.45, 2.75) is 13.0 Å². The summed E-state index contributed by atoms with van der Waals surface area (Å²) >= 11 is 0. The molecule has 0 aliphatic carbocycles. The van der Waals surface area contributed by atoms with Gasteiger partial charge in [-0.2, -0.15) is 0 Å². The van der Waals surface area contributed by atoms with Crippen molar-refractivity contribution < 1.29 is 18.7 Å². The normalized spacial score (nSPS) is 11.6. The van der Waals surface area contributed by atoms with Gasteiger partial charge < -0.3 is 14.8 Å². The number of ether oxygens (including phenoxy) is 2. The Hall–Kier alpha value is -2.70. The first-order valence-electron chi connectivity index (χ1n) is 6.57. The maximum absolute atomic E-state index is 13.4. The fraction of sp³-hybridized carbons (Fsp3) is 0.267. The summed E-state index contributed by atoms with van der Waals surface area (Å²) in [5.74, 6) is 0.113. The Morgan fingerprint density at radius 2 is 2.00 bits per heavy atom. The minimum atomic E-state index is -0.557. The highest BCUT2D eigenvalue weighted by Gasteiger charge is 2.14. The lowest BCUT2D eigenvalue weighted by Crippen LogP contribution is -2.12. The number of nitrogens with one attached hydrogen (secondary N) is 1. The summed E-state index contributed by atoms with van der Waals surface area (Å²) in [4.78, 5) is 11.3. The number of hydrogen-bond acceptors (Lipinski definition) is 6. The van der Waals surface area contributed by atoms with E-state index in [0.717, 1.165) is 0 Å². The number of aromatic nitrogens is 2. The second kappa shape index (κ2) is 6.84. The number of carbonyl (C=O) groups excluding carboxylic acids is 1. The maximum Gasteiger partial charge on any atom is 0.358 e. The minimum absolute atomic E-state index is 0.115. The van der Waals surface area contributed by atoms with E-state index in [1.54, 1.807) is 12.1 Å². The maximum atomic E-state index is 13.4. The summed E-state index contributed by atoms with van der Waals surface area (Å²) in [6.07, 6.45) is 0. The lowest BCUT2D eigenvalue weighted by molar-refractivity contribution is 0.0593. The Morgan fingerprint density at radius 1 is 1.23 bits per heavy atom. The molecule has 0 fully saturated rings. The van der Waals surface area contributed by atoms with Crippen LogP contribution >= 0.6 is 0 Å². The monoisotopic (exact) mass is 305 g/mol. The highest BCUT2D eigenvalue weighted by Crippen LogP contribution is 2.27. The first kappa shape index (κ1) is 15.7. The molecule has 6 nitrogen and oxygen atoms in total. The van der Waals surface area contributed by atoms with Gasteiger partial charge in [0.2, 0.25) is 0 Å². The SMILES string of the molecule is COC(=O)c1ccc(NC(C)c2cc(F)ccc2OC)nn1. The predicted octanol–water partition coefficient (Wildman–Crippen LogP) is 2.58. The van der Waals surface area contributed by atoms with Gasteiger partial charge in [0.05, 0.1) is 20.3 Å². The molecule has 0 bridgehead atoms. The average molecular weight is 305 g/mol. The van der Waals surface area contributed by atoms with Crippen LogP contribution < -0.4 is 10.1 Å². The number of nitrogens with zero attached hydrogens (tertiary/aromatic N) is 2. The molecule has 1 aromatic heterocycles. The number of halogens is 1. The molecule has 0 aliphatic heterocycles. The van der Waals surface area contributed by atoms with Crippen molar-refractivity contribution in [1.82, 2.24) is 10.2 Å². The third kappa shape index (κ3) is 3.49. The summed E-state index contributed by atoms with van der Waals surface area (Å²) in [5, 5.41) is 10.7. The first-order chi connectivity index (χ1) is 10.5. The summed E-state index contributed by atoms with van der Waals surface area (Å²) in [7, 11) is 2.79. The van der Waals surface area contributed by atoms with Crippen LogP contribution in [-0.4, -0.2) is 30.4 Å². The van der Waals surface area contributed by atoms with Crippen molar-refractivity contribution in [3.05, 3.63) is 47.4 Å². The zero-order chi connectivity index (χ0) is 16.1. The van der Waals surface area contributed by atoms with Gasteiger partial charge in [0.25, 0.3) is 0 Å². The number of hydrogen-bond donors (Lipinski definition) is 1. The Bertz CT molecular complexity index is 662. The van der Waals surface area contributed by atoms with Crippen LogP contribution in [0.5, 0.6) is 5.75 Å². The average Bonchev–Trinajstić information content (AvgIpc) is 2.54. The lowest BCUT2D eigenvalue weighted by Gasteiger charge is -2.17. The van der Waals surface area contributed by atoms with E-state index in [2.05, 4.69) is 20.3 Å². The minimum Gasteiger partial charge on any atom is -0.496 e. The smallest absolute Gasteiger partial charge is 0.358 e. The molecule has 2 rings (SSSR count). The second-order valence-corrected chi connectivity index (χ2v) is 4.55. The zero-order valence-electron chi connectivity index (χ0n) is 12.5. The Labute approximate surface area is 127 Å². The molecule has 0 saturated carbocycles. The number of esters is 1. The number of carbonyl (C=O) groups is 1. The predicted molar refractivity (Wildman–Crippen MR) is 78.4 cm³/mol. The van der Waals surface area contributed by atoms with Crippen LogP contribution in [0.3, 0.4) is 0 Å². The summed E-state index contributed by atoms with van der Waals surface area (Å²) in [5.41, 5.74) is 0.769. The zero-order valence-corrected chi connectivity index (χ0v) is 12.5. The molecule has 0 radical (unpaired) electrons. The van der Waals surface area contributed by atoms with E-state index in [1.807, 2.05) is 6.92 Å². The molecular weight excluding hydrogens is 289 g/mol. The number of anilines is 1. The largest absolute Gasteiger partial charge is 0.496 e. The molecule has 22 heavy (non-hydrogen) atoms. The van der Waals surface area contributed by atoms with E-state index < -0.39 is 5.97 Å². The van der Waals surface area contributed by atoms with Gasteiger partial charge in [0.15, 0.2) is 5.69 Å². The Kier molecular flexibility index (Phi) is 4.88.